The molecule has 0 spiro atoms. The fourth-order valence-electron chi connectivity index (χ4n) is 5.53. The van der Waals surface area contributed by atoms with E-state index in [9.17, 15) is 18.0 Å². The summed E-state index contributed by atoms with van der Waals surface area (Å²) in [5.74, 6) is 0.693. The SMILES string of the molecule is CN1C(=O)C[C@H]2[C@@H]3CCc4cc(OS(N)(=O)=O)ccc4[C@H]3CC[C@]2(C)C1=O. The Morgan fingerprint density at radius 1 is 1.26 bits per heavy atom. The fourth-order valence-corrected chi connectivity index (χ4v) is 5.90. The Balaban J connectivity index is 1.66. The molecule has 8 heteroatoms. The lowest BCUT2D eigenvalue weighted by atomic mass is 9.52. The molecule has 0 aromatic heterocycles. The first-order valence-electron chi connectivity index (χ1n) is 9.26. The summed E-state index contributed by atoms with van der Waals surface area (Å²) < 4.78 is 27.1. The van der Waals surface area contributed by atoms with Gasteiger partial charge in [0, 0.05) is 13.5 Å². The molecule has 1 saturated heterocycles. The van der Waals surface area contributed by atoms with Gasteiger partial charge in [-0.3, -0.25) is 14.5 Å². The van der Waals surface area contributed by atoms with E-state index in [1.807, 2.05) is 13.0 Å². The Morgan fingerprint density at radius 3 is 2.70 bits per heavy atom. The van der Waals surface area contributed by atoms with Crippen molar-refractivity contribution in [2.75, 3.05) is 7.05 Å². The van der Waals surface area contributed by atoms with Crippen molar-refractivity contribution in [2.24, 2.45) is 22.4 Å². The maximum Gasteiger partial charge on any atom is 0.380 e. The van der Waals surface area contributed by atoms with Crippen LogP contribution in [-0.4, -0.2) is 32.2 Å². The number of aryl methyl sites for hydroxylation is 1. The monoisotopic (exact) mass is 392 g/mol. The van der Waals surface area contributed by atoms with E-state index in [1.165, 1.54) is 10.5 Å². The van der Waals surface area contributed by atoms with E-state index < -0.39 is 15.7 Å². The molecule has 1 heterocycles. The van der Waals surface area contributed by atoms with Gasteiger partial charge in [-0.1, -0.05) is 13.0 Å². The molecular formula is C19H24N2O5S. The molecule has 2 aliphatic carbocycles. The number of hydrogen-bond acceptors (Lipinski definition) is 5. The molecule has 1 aromatic carbocycles. The third-order valence-electron chi connectivity index (χ3n) is 6.86. The lowest BCUT2D eigenvalue weighted by Crippen LogP contribution is -2.58. The van der Waals surface area contributed by atoms with E-state index in [4.69, 9.17) is 9.32 Å². The van der Waals surface area contributed by atoms with Gasteiger partial charge in [-0.05, 0) is 66.7 Å². The largest absolute Gasteiger partial charge is 0.380 e. The lowest BCUT2D eigenvalue weighted by Gasteiger charge is -2.54. The average molecular weight is 392 g/mol. The summed E-state index contributed by atoms with van der Waals surface area (Å²) in [6.45, 7) is 2.01. The molecule has 1 aromatic rings. The Bertz CT molecular complexity index is 928. The number of fused-ring (bicyclic) bond motifs is 5. The van der Waals surface area contributed by atoms with Gasteiger partial charge in [0.2, 0.25) is 11.8 Å². The lowest BCUT2D eigenvalue weighted by molar-refractivity contribution is -0.165. The zero-order valence-corrected chi connectivity index (χ0v) is 16.3. The third-order valence-corrected chi connectivity index (χ3v) is 7.29. The highest BCUT2D eigenvalue weighted by Gasteiger charge is 2.56. The van der Waals surface area contributed by atoms with E-state index >= 15 is 0 Å². The number of piperidine rings is 1. The van der Waals surface area contributed by atoms with Crippen LogP contribution in [0.3, 0.4) is 0 Å². The van der Waals surface area contributed by atoms with Crippen LogP contribution < -0.4 is 9.32 Å². The van der Waals surface area contributed by atoms with Gasteiger partial charge in [-0.15, -0.1) is 0 Å². The number of carbonyl (C=O) groups is 2. The molecule has 0 bridgehead atoms. The van der Waals surface area contributed by atoms with Crippen LogP contribution in [-0.2, 0) is 26.3 Å². The molecular weight excluding hydrogens is 368 g/mol. The minimum absolute atomic E-state index is 0.0510. The first-order valence-corrected chi connectivity index (χ1v) is 10.7. The quantitative estimate of drug-likeness (QED) is 0.771. The number of nitrogens with two attached hydrogens (primary N) is 1. The number of carbonyl (C=O) groups excluding carboxylic acids is 2. The number of hydrogen-bond donors (Lipinski definition) is 1. The molecule has 0 unspecified atom stereocenters. The van der Waals surface area contributed by atoms with Crippen molar-refractivity contribution in [2.45, 2.75) is 44.9 Å². The summed E-state index contributed by atoms with van der Waals surface area (Å²) in [7, 11) is -2.46. The van der Waals surface area contributed by atoms with Crippen LogP contribution in [0.2, 0.25) is 0 Å². The van der Waals surface area contributed by atoms with Crippen molar-refractivity contribution in [1.29, 1.82) is 0 Å². The van der Waals surface area contributed by atoms with Crippen LogP contribution in [0.15, 0.2) is 18.2 Å². The second-order valence-electron chi connectivity index (χ2n) is 8.27. The topological polar surface area (TPSA) is 107 Å². The summed E-state index contributed by atoms with van der Waals surface area (Å²) in [6, 6.07) is 5.28. The first-order chi connectivity index (χ1) is 12.6. The predicted molar refractivity (Wildman–Crippen MR) is 98.0 cm³/mol. The van der Waals surface area contributed by atoms with Gasteiger partial charge in [0.15, 0.2) is 0 Å². The molecule has 0 radical (unpaired) electrons. The molecule has 27 heavy (non-hydrogen) atoms. The van der Waals surface area contributed by atoms with Gasteiger partial charge < -0.3 is 4.18 Å². The number of benzene rings is 1. The normalized spacial score (nSPS) is 33.1. The third kappa shape index (κ3) is 2.95. The summed E-state index contributed by atoms with van der Waals surface area (Å²) in [5, 5.41) is 4.96. The second-order valence-corrected chi connectivity index (χ2v) is 9.42. The van der Waals surface area contributed by atoms with Gasteiger partial charge in [-0.25, -0.2) is 0 Å². The van der Waals surface area contributed by atoms with Crippen LogP contribution in [0.5, 0.6) is 5.75 Å². The van der Waals surface area contributed by atoms with Crippen LogP contribution in [0.1, 0.15) is 49.7 Å². The summed E-state index contributed by atoms with van der Waals surface area (Å²) >= 11 is 0. The molecule has 3 aliphatic rings. The highest BCUT2D eigenvalue weighted by atomic mass is 32.2. The zero-order chi connectivity index (χ0) is 19.6. The van der Waals surface area contributed by atoms with E-state index in [1.54, 1.807) is 19.2 Å². The molecule has 2 amide bonds. The second kappa shape index (κ2) is 6.04. The smallest absolute Gasteiger partial charge is 0.371 e. The van der Waals surface area contributed by atoms with Gasteiger partial charge in [-0.2, -0.15) is 13.6 Å². The zero-order valence-electron chi connectivity index (χ0n) is 15.5. The van der Waals surface area contributed by atoms with Crippen molar-refractivity contribution < 1.29 is 22.2 Å². The first kappa shape index (κ1) is 18.4. The maximum absolute atomic E-state index is 12.8. The highest BCUT2D eigenvalue weighted by molar-refractivity contribution is 7.84. The molecule has 1 saturated carbocycles. The molecule has 146 valence electrons. The van der Waals surface area contributed by atoms with Crippen molar-refractivity contribution in [1.82, 2.24) is 4.90 Å². The van der Waals surface area contributed by atoms with Crippen molar-refractivity contribution in [3.05, 3.63) is 29.3 Å². The fraction of sp³-hybridized carbons (Fsp3) is 0.579. The molecule has 4 rings (SSSR count). The molecule has 2 fully saturated rings. The molecule has 7 nitrogen and oxygen atoms in total. The summed E-state index contributed by atoms with van der Waals surface area (Å²) in [4.78, 5) is 26.4. The van der Waals surface area contributed by atoms with Crippen LogP contribution in [0.25, 0.3) is 0 Å². The Hall–Kier alpha value is -1.93. The summed E-state index contributed by atoms with van der Waals surface area (Å²) in [6.07, 6.45) is 3.70. The van der Waals surface area contributed by atoms with Gasteiger partial charge in [0.25, 0.3) is 0 Å². The van der Waals surface area contributed by atoms with Crippen molar-refractivity contribution in [3.8, 4) is 5.75 Å². The minimum Gasteiger partial charge on any atom is -0.371 e. The van der Waals surface area contributed by atoms with E-state index in [0.717, 1.165) is 31.2 Å². The number of likely N-dealkylation sites (tertiary alicyclic amines) is 1. The Morgan fingerprint density at radius 2 is 2.00 bits per heavy atom. The number of rotatable bonds is 2. The van der Waals surface area contributed by atoms with Crippen LogP contribution in [0, 0.1) is 17.3 Å². The number of amides is 2. The average Bonchev–Trinajstić information content (AvgIpc) is 2.59. The van der Waals surface area contributed by atoms with Crippen molar-refractivity contribution >= 4 is 22.1 Å². The Labute approximate surface area is 159 Å². The van der Waals surface area contributed by atoms with Gasteiger partial charge >= 0.3 is 10.3 Å². The highest BCUT2D eigenvalue weighted by Crippen LogP contribution is 2.57. The predicted octanol–water partition coefficient (Wildman–Crippen LogP) is 1.72. The number of imide groups is 1. The van der Waals surface area contributed by atoms with Crippen LogP contribution >= 0.6 is 0 Å². The molecule has 1 aliphatic heterocycles. The maximum atomic E-state index is 12.8. The molecule has 2 N–H and O–H groups in total. The van der Waals surface area contributed by atoms with E-state index in [0.29, 0.717) is 6.42 Å². The number of nitrogens with zero attached hydrogens (tertiary/aromatic N) is 1. The standard InChI is InChI=1S/C19H24N2O5S/c1-19-8-7-14-13-6-4-12(26-27(20,24)25)9-11(13)3-5-15(14)16(19)10-17(22)21(2)18(19)23/h4,6,9,14-16H,3,5,7-8,10H2,1-2H3,(H2,20,24,25)/t14-,15-,16+,19+/m1/s1. The van der Waals surface area contributed by atoms with Gasteiger partial charge in [0.05, 0.1) is 5.41 Å². The summed E-state index contributed by atoms with van der Waals surface area (Å²) in [5.41, 5.74) is 1.76. The molecule has 4 atom stereocenters. The van der Waals surface area contributed by atoms with E-state index in [-0.39, 0.29) is 35.3 Å². The minimum atomic E-state index is -4.05. The van der Waals surface area contributed by atoms with Crippen molar-refractivity contribution in [3.63, 3.8) is 0 Å². The Kier molecular flexibility index (Phi) is 4.12. The van der Waals surface area contributed by atoms with Gasteiger partial charge in [0.1, 0.15) is 5.75 Å². The van der Waals surface area contributed by atoms with E-state index in [2.05, 4.69) is 0 Å². The van der Waals surface area contributed by atoms with Crippen LogP contribution in [0.4, 0.5) is 0 Å².